The first-order chi connectivity index (χ1) is 6.06. The maximum absolute atomic E-state index is 12.9. The number of rotatable bonds is 2. The predicted molar refractivity (Wildman–Crippen MR) is 45.6 cm³/mol. The number of carbonyl (C=O) groups is 1. The van der Waals surface area contributed by atoms with E-state index in [-0.39, 0.29) is 11.4 Å². The zero-order valence-electron chi connectivity index (χ0n) is 6.54. The van der Waals surface area contributed by atoms with E-state index in [0.717, 1.165) is 12.1 Å². The minimum atomic E-state index is -1.37. The average molecular weight is 185 g/mol. The molecule has 0 saturated carbocycles. The second kappa shape index (κ2) is 3.28. The Hall–Kier alpha value is -1.82. The fourth-order valence-electron chi connectivity index (χ4n) is 0.879. The number of carboxylic acid groups (broad SMARTS) is 1. The van der Waals surface area contributed by atoms with Crippen LogP contribution in [-0.2, 0) is 0 Å². The minimum Gasteiger partial charge on any atom is -0.478 e. The van der Waals surface area contributed by atoms with Gasteiger partial charge in [-0.3, -0.25) is 5.84 Å². The van der Waals surface area contributed by atoms with Gasteiger partial charge in [-0.25, -0.2) is 9.18 Å². The SMILES string of the molecule is NNc1cc(F)c(C(=O)O)cc1N. The monoisotopic (exact) mass is 185 g/mol. The van der Waals surface area contributed by atoms with Crippen molar-refractivity contribution in [2.75, 3.05) is 11.2 Å². The predicted octanol–water partition coefficient (Wildman–Crippen LogP) is 0.392. The van der Waals surface area contributed by atoms with Crippen LogP contribution in [-0.4, -0.2) is 11.1 Å². The van der Waals surface area contributed by atoms with Crippen LogP contribution >= 0.6 is 0 Å². The number of nitrogens with one attached hydrogen (secondary N) is 1. The summed E-state index contributed by atoms with van der Waals surface area (Å²) in [6, 6.07) is 1.94. The summed E-state index contributed by atoms with van der Waals surface area (Å²) in [7, 11) is 0. The maximum Gasteiger partial charge on any atom is 0.338 e. The van der Waals surface area contributed by atoms with E-state index in [1.807, 2.05) is 0 Å². The van der Waals surface area contributed by atoms with Crippen molar-refractivity contribution in [3.63, 3.8) is 0 Å². The topological polar surface area (TPSA) is 101 Å². The van der Waals surface area contributed by atoms with Gasteiger partial charge in [-0.2, -0.15) is 0 Å². The molecule has 0 radical (unpaired) electrons. The van der Waals surface area contributed by atoms with Crippen LogP contribution in [0.4, 0.5) is 15.8 Å². The van der Waals surface area contributed by atoms with Crippen LogP contribution in [0, 0.1) is 5.82 Å². The molecule has 0 amide bonds. The van der Waals surface area contributed by atoms with Crippen LogP contribution in [0.15, 0.2) is 12.1 Å². The molecule has 0 aliphatic carbocycles. The van der Waals surface area contributed by atoms with Crippen LogP contribution in [0.1, 0.15) is 10.4 Å². The van der Waals surface area contributed by atoms with Gasteiger partial charge in [0.2, 0.25) is 0 Å². The van der Waals surface area contributed by atoms with Crippen molar-refractivity contribution in [2.45, 2.75) is 0 Å². The van der Waals surface area contributed by atoms with Crippen LogP contribution < -0.4 is 17.0 Å². The molecule has 0 atom stereocenters. The molecule has 0 aliphatic heterocycles. The standard InChI is InChI=1S/C7H8FN3O2/c8-4-2-6(11-10)5(9)1-3(4)7(12)13/h1-2,11H,9-10H2,(H,12,13). The lowest BCUT2D eigenvalue weighted by Crippen LogP contribution is -2.11. The Morgan fingerprint density at radius 2 is 2.15 bits per heavy atom. The molecule has 5 nitrogen and oxygen atoms in total. The first-order valence-electron chi connectivity index (χ1n) is 3.35. The van der Waals surface area contributed by atoms with Crippen molar-refractivity contribution in [2.24, 2.45) is 5.84 Å². The number of nitrogens with two attached hydrogens (primary N) is 2. The molecule has 70 valence electrons. The minimum absolute atomic E-state index is 0.0845. The second-order valence-corrected chi connectivity index (χ2v) is 2.37. The maximum atomic E-state index is 12.9. The molecule has 0 unspecified atom stereocenters. The number of anilines is 2. The summed E-state index contributed by atoms with van der Waals surface area (Å²) in [4.78, 5) is 10.4. The first-order valence-corrected chi connectivity index (χ1v) is 3.35. The van der Waals surface area contributed by atoms with Crippen LogP contribution in [0.25, 0.3) is 0 Å². The summed E-state index contributed by atoms with van der Waals surface area (Å²) in [5.41, 5.74) is 7.27. The van der Waals surface area contributed by atoms with Gasteiger partial charge in [-0.15, -0.1) is 0 Å². The highest BCUT2D eigenvalue weighted by Gasteiger charge is 2.12. The fourth-order valence-corrected chi connectivity index (χ4v) is 0.879. The Morgan fingerprint density at radius 3 is 2.62 bits per heavy atom. The highest BCUT2D eigenvalue weighted by Crippen LogP contribution is 2.21. The van der Waals surface area contributed by atoms with Gasteiger partial charge in [-0.05, 0) is 6.07 Å². The summed E-state index contributed by atoms with van der Waals surface area (Å²) >= 11 is 0. The number of hydrogen-bond donors (Lipinski definition) is 4. The van der Waals surface area contributed by atoms with E-state index in [9.17, 15) is 9.18 Å². The highest BCUT2D eigenvalue weighted by molar-refractivity contribution is 5.90. The van der Waals surface area contributed by atoms with Gasteiger partial charge in [0, 0.05) is 6.07 Å². The van der Waals surface area contributed by atoms with Crippen LogP contribution in [0.3, 0.4) is 0 Å². The molecule has 6 N–H and O–H groups in total. The van der Waals surface area contributed by atoms with E-state index < -0.39 is 17.3 Å². The molecule has 0 fully saturated rings. The summed E-state index contributed by atoms with van der Waals surface area (Å²) in [5, 5.41) is 8.51. The smallest absolute Gasteiger partial charge is 0.338 e. The van der Waals surface area contributed by atoms with E-state index >= 15 is 0 Å². The van der Waals surface area contributed by atoms with Crippen LogP contribution in [0.2, 0.25) is 0 Å². The number of benzene rings is 1. The number of nitrogen functional groups attached to an aromatic ring is 2. The Morgan fingerprint density at radius 1 is 1.54 bits per heavy atom. The number of hydrogen-bond acceptors (Lipinski definition) is 4. The third-order valence-corrected chi connectivity index (χ3v) is 1.53. The Bertz CT molecular complexity index is 354. The lowest BCUT2D eigenvalue weighted by molar-refractivity contribution is 0.0692. The van der Waals surface area contributed by atoms with Gasteiger partial charge < -0.3 is 16.3 Å². The van der Waals surface area contributed by atoms with Gasteiger partial charge in [-0.1, -0.05) is 0 Å². The zero-order valence-corrected chi connectivity index (χ0v) is 6.54. The van der Waals surface area contributed by atoms with Crippen molar-refractivity contribution in [1.29, 1.82) is 0 Å². The van der Waals surface area contributed by atoms with E-state index in [1.54, 1.807) is 0 Å². The Labute approximate surface area is 73.1 Å². The largest absolute Gasteiger partial charge is 0.478 e. The zero-order chi connectivity index (χ0) is 10.0. The summed E-state index contributed by atoms with van der Waals surface area (Å²) < 4.78 is 12.9. The van der Waals surface area contributed by atoms with Gasteiger partial charge >= 0.3 is 5.97 Å². The lowest BCUT2D eigenvalue weighted by atomic mass is 10.1. The van der Waals surface area contributed by atoms with Crippen molar-refractivity contribution in [3.8, 4) is 0 Å². The molecule has 13 heavy (non-hydrogen) atoms. The number of carboxylic acids is 1. The number of hydrazine groups is 1. The van der Waals surface area contributed by atoms with Crippen molar-refractivity contribution >= 4 is 17.3 Å². The van der Waals surface area contributed by atoms with Crippen molar-refractivity contribution in [1.82, 2.24) is 0 Å². The third-order valence-electron chi connectivity index (χ3n) is 1.53. The molecule has 0 bridgehead atoms. The highest BCUT2D eigenvalue weighted by atomic mass is 19.1. The molecule has 6 heteroatoms. The average Bonchev–Trinajstić information content (AvgIpc) is 2.07. The molecule has 1 aromatic carbocycles. The van der Waals surface area contributed by atoms with E-state index in [4.69, 9.17) is 16.7 Å². The first kappa shape index (κ1) is 9.27. The quantitative estimate of drug-likeness (QED) is 0.303. The third kappa shape index (κ3) is 1.67. The summed E-state index contributed by atoms with van der Waals surface area (Å²) in [5.74, 6) is 2.75. The molecule has 0 aromatic heterocycles. The Kier molecular flexibility index (Phi) is 2.34. The van der Waals surface area contributed by atoms with Crippen LogP contribution in [0.5, 0.6) is 0 Å². The van der Waals surface area contributed by atoms with E-state index in [0.29, 0.717) is 0 Å². The molecular weight excluding hydrogens is 177 g/mol. The molecule has 0 aliphatic rings. The number of aromatic carboxylic acids is 1. The van der Waals surface area contributed by atoms with Crippen molar-refractivity contribution in [3.05, 3.63) is 23.5 Å². The van der Waals surface area contributed by atoms with Gasteiger partial charge in [0.15, 0.2) is 0 Å². The van der Waals surface area contributed by atoms with Crippen molar-refractivity contribution < 1.29 is 14.3 Å². The molecule has 0 heterocycles. The van der Waals surface area contributed by atoms with Gasteiger partial charge in [0.25, 0.3) is 0 Å². The lowest BCUT2D eigenvalue weighted by Gasteiger charge is -2.06. The summed E-state index contributed by atoms with van der Waals surface area (Å²) in [6.45, 7) is 0. The van der Waals surface area contributed by atoms with E-state index in [2.05, 4.69) is 5.43 Å². The summed E-state index contributed by atoms with van der Waals surface area (Å²) in [6.07, 6.45) is 0. The molecule has 1 aromatic rings. The molecular formula is C7H8FN3O2. The molecule has 0 spiro atoms. The van der Waals surface area contributed by atoms with Gasteiger partial charge in [0.1, 0.15) is 5.82 Å². The van der Waals surface area contributed by atoms with E-state index in [1.165, 1.54) is 0 Å². The van der Waals surface area contributed by atoms with Gasteiger partial charge in [0.05, 0.1) is 16.9 Å². The molecule has 1 rings (SSSR count). The fraction of sp³-hybridized carbons (Fsp3) is 0. The number of halogens is 1. The second-order valence-electron chi connectivity index (χ2n) is 2.37. The Balaban J connectivity index is 3.28. The molecule has 0 saturated heterocycles. The normalized spacial score (nSPS) is 9.69.